The number of hydrogen-bond acceptors (Lipinski definition) is 6. The highest BCUT2D eigenvalue weighted by molar-refractivity contribution is 7.10. The average molecular weight is 516 g/mol. The number of thiazole rings is 1. The summed E-state index contributed by atoms with van der Waals surface area (Å²) in [5, 5.41) is 13.1. The number of ether oxygens (including phenoxy) is 1. The van der Waals surface area contributed by atoms with Crippen LogP contribution in [0.25, 0.3) is 10.9 Å². The summed E-state index contributed by atoms with van der Waals surface area (Å²) in [4.78, 5) is 22.4. The van der Waals surface area contributed by atoms with Gasteiger partial charge >= 0.3 is 5.97 Å². The van der Waals surface area contributed by atoms with Crippen LogP contribution in [0.3, 0.4) is 0 Å². The molecule has 1 saturated heterocycles. The first-order valence-corrected chi connectivity index (χ1v) is 12.7. The molecular formula is C26H27ClFN3O3S. The fourth-order valence-electron chi connectivity index (χ4n) is 4.72. The summed E-state index contributed by atoms with van der Waals surface area (Å²) in [6.45, 7) is 2.06. The van der Waals surface area contributed by atoms with Gasteiger partial charge in [0.2, 0.25) is 0 Å². The number of carboxylic acids is 1. The number of nitrogens with zero attached hydrogens (tertiary/aromatic N) is 3. The van der Waals surface area contributed by atoms with Crippen LogP contribution in [-0.4, -0.2) is 52.7 Å². The van der Waals surface area contributed by atoms with E-state index in [2.05, 4.69) is 26.7 Å². The highest BCUT2D eigenvalue weighted by Crippen LogP contribution is 2.44. The number of methoxy groups -OCH3 is 1. The number of aromatic nitrogens is 2. The lowest BCUT2D eigenvalue weighted by atomic mass is 9.71. The second kappa shape index (κ2) is 11.3. The van der Waals surface area contributed by atoms with Crippen molar-refractivity contribution in [3.63, 3.8) is 0 Å². The molecule has 1 fully saturated rings. The molecule has 35 heavy (non-hydrogen) atoms. The number of benzene rings is 1. The SMILES string of the molecule is COc1ccc2ncc(Cl)c([C@@H](F)CCC3(CC(=O)O)CCN(CC#Cc4nccs4)CC3)c2c1. The van der Waals surface area contributed by atoms with Crippen LogP contribution in [0.1, 0.15) is 48.8 Å². The number of halogens is 2. The fraction of sp³-hybridized carbons (Fsp3) is 0.423. The van der Waals surface area contributed by atoms with E-state index in [1.54, 1.807) is 31.5 Å². The zero-order valence-corrected chi connectivity index (χ0v) is 21.0. The molecule has 1 N–H and O–H groups in total. The minimum absolute atomic E-state index is 0.0248. The summed E-state index contributed by atoms with van der Waals surface area (Å²) in [7, 11) is 1.55. The second-order valence-corrected chi connectivity index (χ2v) is 10.2. The lowest BCUT2D eigenvalue weighted by molar-refractivity contribution is -0.141. The van der Waals surface area contributed by atoms with Gasteiger partial charge in [0.25, 0.3) is 0 Å². The smallest absolute Gasteiger partial charge is 0.303 e. The number of carbonyl (C=O) groups is 1. The van der Waals surface area contributed by atoms with E-state index in [1.807, 2.05) is 5.38 Å². The molecule has 4 rings (SSSR count). The first-order chi connectivity index (χ1) is 16.9. The number of likely N-dealkylation sites (tertiary alicyclic amines) is 1. The van der Waals surface area contributed by atoms with E-state index in [-0.39, 0.29) is 17.9 Å². The number of aliphatic carboxylic acids is 1. The Labute approximate surface area is 213 Å². The molecule has 1 aliphatic heterocycles. The van der Waals surface area contributed by atoms with Crippen molar-refractivity contribution >= 4 is 39.8 Å². The average Bonchev–Trinajstić information content (AvgIpc) is 3.36. The van der Waals surface area contributed by atoms with Crippen molar-refractivity contribution in [3.05, 3.63) is 51.6 Å². The molecule has 0 unspecified atom stereocenters. The topological polar surface area (TPSA) is 75.6 Å². The lowest BCUT2D eigenvalue weighted by Crippen LogP contribution is -2.41. The Hall–Kier alpha value is -2.73. The van der Waals surface area contributed by atoms with Gasteiger partial charge in [-0.05, 0) is 68.3 Å². The first kappa shape index (κ1) is 25.4. The van der Waals surface area contributed by atoms with Crippen molar-refractivity contribution < 1.29 is 19.0 Å². The molecule has 9 heteroatoms. The van der Waals surface area contributed by atoms with Crippen LogP contribution in [0.2, 0.25) is 5.02 Å². The molecule has 0 spiro atoms. The van der Waals surface area contributed by atoms with E-state index in [0.29, 0.717) is 48.0 Å². The zero-order valence-electron chi connectivity index (χ0n) is 19.5. The summed E-state index contributed by atoms with van der Waals surface area (Å²) in [6.07, 6.45) is 3.90. The van der Waals surface area contributed by atoms with Crippen molar-refractivity contribution in [2.24, 2.45) is 5.41 Å². The molecule has 0 amide bonds. The quantitative estimate of drug-likeness (QED) is 0.385. The summed E-state index contributed by atoms with van der Waals surface area (Å²) in [6, 6.07) is 5.30. The van der Waals surface area contributed by atoms with Gasteiger partial charge in [-0.3, -0.25) is 14.7 Å². The van der Waals surface area contributed by atoms with Crippen LogP contribution in [-0.2, 0) is 4.79 Å². The Morgan fingerprint density at radius 2 is 2.17 bits per heavy atom. The predicted octanol–water partition coefficient (Wildman–Crippen LogP) is 5.75. The summed E-state index contributed by atoms with van der Waals surface area (Å²) >= 11 is 7.88. The number of fused-ring (bicyclic) bond motifs is 1. The lowest BCUT2D eigenvalue weighted by Gasteiger charge is -2.41. The van der Waals surface area contributed by atoms with Crippen LogP contribution in [0, 0.1) is 17.3 Å². The molecule has 6 nitrogen and oxygen atoms in total. The van der Waals surface area contributed by atoms with Crippen molar-refractivity contribution in [1.29, 1.82) is 0 Å². The van der Waals surface area contributed by atoms with Crippen molar-refractivity contribution in [3.8, 4) is 17.6 Å². The maximum Gasteiger partial charge on any atom is 0.303 e. The molecule has 0 saturated carbocycles. The van der Waals surface area contributed by atoms with E-state index in [1.165, 1.54) is 17.5 Å². The number of piperidine rings is 1. The largest absolute Gasteiger partial charge is 0.497 e. The minimum Gasteiger partial charge on any atom is -0.497 e. The second-order valence-electron chi connectivity index (χ2n) is 8.89. The van der Waals surface area contributed by atoms with Gasteiger partial charge in [-0.2, -0.15) is 0 Å². The molecule has 1 aliphatic rings. The maximum absolute atomic E-state index is 15.7. The minimum atomic E-state index is -1.34. The molecule has 1 atom stereocenters. The highest BCUT2D eigenvalue weighted by Gasteiger charge is 2.37. The number of hydrogen-bond donors (Lipinski definition) is 1. The van der Waals surface area contributed by atoms with Gasteiger partial charge in [0.05, 0.1) is 30.6 Å². The number of rotatable bonds is 8. The van der Waals surface area contributed by atoms with E-state index in [9.17, 15) is 9.90 Å². The zero-order chi connectivity index (χ0) is 24.8. The molecule has 184 valence electrons. The van der Waals surface area contributed by atoms with Gasteiger partial charge in [-0.1, -0.05) is 17.5 Å². The van der Waals surface area contributed by atoms with E-state index < -0.39 is 17.6 Å². The van der Waals surface area contributed by atoms with Gasteiger partial charge in [0.1, 0.15) is 11.9 Å². The van der Waals surface area contributed by atoms with E-state index in [4.69, 9.17) is 16.3 Å². The summed E-state index contributed by atoms with van der Waals surface area (Å²) in [5.74, 6) is 5.95. The Balaban J connectivity index is 1.44. The molecule has 3 heterocycles. The van der Waals surface area contributed by atoms with Crippen LogP contribution in [0.4, 0.5) is 4.39 Å². The highest BCUT2D eigenvalue weighted by atomic mass is 35.5. The third-order valence-corrected chi connectivity index (χ3v) is 7.67. The van der Waals surface area contributed by atoms with Crippen molar-refractivity contribution in [1.82, 2.24) is 14.9 Å². The Kier molecular flexibility index (Phi) is 8.22. The maximum atomic E-state index is 15.7. The third kappa shape index (κ3) is 6.29. The number of alkyl halides is 1. The van der Waals surface area contributed by atoms with Crippen molar-refractivity contribution in [2.75, 3.05) is 26.7 Å². The van der Waals surface area contributed by atoms with Crippen LogP contribution in [0.15, 0.2) is 36.0 Å². The van der Waals surface area contributed by atoms with Gasteiger partial charge in [0, 0.05) is 28.7 Å². The van der Waals surface area contributed by atoms with Crippen molar-refractivity contribution in [2.45, 2.75) is 38.3 Å². The molecule has 0 radical (unpaired) electrons. The van der Waals surface area contributed by atoms with Crippen LogP contribution in [0.5, 0.6) is 5.75 Å². The van der Waals surface area contributed by atoms with Crippen LogP contribution < -0.4 is 4.74 Å². The Morgan fingerprint density at radius 3 is 2.86 bits per heavy atom. The van der Waals surface area contributed by atoms with E-state index in [0.717, 1.165) is 18.1 Å². The Morgan fingerprint density at radius 1 is 1.37 bits per heavy atom. The van der Waals surface area contributed by atoms with E-state index >= 15 is 4.39 Å². The van der Waals surface area contributed by atoms with Gasteiger partial charge < -0.3 is 9.84 Å². The first-order valence-electron chi connectivity index (χ1n) is 11.5. The van der Waals surface area contributed by atoms with Gasteiger partial charge in [-0.25, -0.2) is 9.37 Å². The molecule has 3 aromatic rings. The number of pyridine rings is 1. The Bertz CT molecular complexity index is 1230. The third-order valence-electron chi connectivity index (χ3n) is 6.68. The molecule has 2 aromatic heterocycles. The molecule has 0 aliphatic carbocycles. The standard InChI is InChI=1S/C26H27ClFN3O3S/c1-34-18-4-5-22-19(15-18)25(20(27)17-30-22)21(28)6-7-26(16-24(32)33)8-12-31(13-9-26)11-2-3-23-29-10-14-35-23/h4-5,10,14-15,17,21H,6-9,11-13,16H2,1H3,(H,32,33)/t21-/m0/s1. The molecule has 1 aromatic carbocycles. The monoisotopic (exact) mass is 515 g/mol. The van der Waals surface area contributed by atoms with Crippen LogP contribution >= 0.6 is 22.9 Å². The fourth-order valence-corrected chi connectivity index (χ4v) is 5.50. The predicted molar refractivity (Wildman–Crippen MR) is 136 cm³/mol. The summed E-state index contributed by atoms with van der Waals surface area (Å²) < 4.78 is 21.0. The van der Waals surface area contributed by atoms with Gasteiger partial charge in [-0.15, -0.1) is 11.3 Å². The van der Waals surface area contributed by atoms with Gasteiger partial charge in [0.15, 0.2) is 5.01 Å². The summed E-state index contributed by atoms with van der Waals surface area (Å²) in [5.41, 5.74) is 0.568. The molecular weight excluding hydrogens is 489 g/mol. The number of carboxylic acid groups (broad SMARTS) is 1. The normalized spacial score (nSPS) is 16.4. The molecule has 0 bridgehead atoms.